The first-order valence-electron chi connectivity index (χ1n) is 7.96. The van der Waals surface area contributed by atoms with Crippen LogP contribution in [-0.4, -0.2) is 24.5 Å². The molecule has 0 spiro atoms. The van der Waals surface area contributed by atoms with Crippen molar-refractivity contribution in [3.05, 3.63) is 53.6 Å². The van der Waals surface area contributed by atoms with Crippen molar-refractivity contribution in [1.82, 2.24) is 0 Å². The number of hydrogen-bond acceptors (Lipinski definition) is 3. The van der Waals surface area contributed by atoms with Crippen molar-refractivity contribution in [2.75, 3.05) is 16.8 Å². The first-order chi connectivity index (χ1) is 11.9. The van der Waals surface area contributed by atoms with Gasteiger partial charge in [-0.25, -0.2) is 0 Å². The zero-order valence-corrected chi connectivity index (χ0v) is 15.2. The number of nitrogens with one attached hydrogen (secondary N) is 1. The summed E-state index contributed by atoms with van der Waals surface area (Å²) in [6.07, 6.45) is 0.0835. The Bertz CT molecular complexity index is 745. The van der Waals surface area contributed by atoms with Gasteiger partial charge in [0.15, 0.2) is 0 Å². The summed E-state index contributed by atoms with van der Waals surface area (Å²) in [6, 6.07) is 14.0. The Kier molecular flexibility index (Phi) is 6.42. The zero-order valence-electron chi connectivity index (χ0n) is 14.5. The minimum absolute atomic E-state index is 0.0835. The number of carbonyl (C=O) groups is 2. The van der Waals surface area contributed by atoms with Crippen LogP contribution in [-0.2, 0) is 9.59 Å². The lowest BCUT2D eigenvalue weighted by molar-refractivity contribution is -0.120. The summed E-state index contributed by atoms with van der Waals surface area (Å²) in [5, 5.41) is 3.18. The fourth-order valence-electron chi connectivity index (χ4n) is 2.27. The van der Waals surface area contributed by atoms with Gasteiger partial charge in [-0.1, -0.05) is 23.7 Å². The molecule has 0 saturated carbocycles. The van der Waals surface area contributed by atoms with Gasteiger partial charge in [-0.05, 0) is 50.2 Å². The first kappa shape index (κ1) is 18.8. The molecule has 0 bridgehead atoms. The van der Waals surface area contributed by atoms with E-state index >= 15 is 0 Å². The molecular formula is C19H21ClN2O3. The van der Waals surface area contributed by atoms with Crippen molar-refractivity contribution < 1.29 is 14.3 Å². The van der Waals surface area contributed by atoms with Crippen LogP contribution >= 0.6 is 11.6 Å². The molecule has 0 aliphatic heterocycles. The Balaban J connectivity index is 2.04. The number of rotatable bonds is 6. The first-order valence-corrected chi connectivity index (χ1v) is 8.34. The Hall–Kier alpha value is -2.53. The number of ether oxygens (including phenoxy) is 1. The highest BCUT2D eigenvalue weighted by Crippen LogP contribution is 2.25. The number of para-hydroxylation sites is 1. The van der Waals surface area contributed by atoms with E-state index < -0.39 is 0 Å². The van der Waals surface area contributed by atoms with Crippen molar-refractivity contribution in [2.24, 2.45) is 0 Å². The van der Waals surface area contributed by atoms with E-state index in [-0.39, 0.29) is 24.5 Å². The molecule has 1 N–H and O–H groups in total. The molecule has 132 valence electrons. The molecule has 0 atom stereocenters. The summed E-state index contributed by atoms with van der Waals surface area (Å²) in [6.45, 7) is 5.17. The number of carbonyl (C=O) groups excluding carboxylic acids is 2. The van der Waals surface area contributed by atoms with Crippen molar-refractivity contribution in [1.29, 1.82) is 0 Å². The van der Waals surface area contributed by atoms with Crippen LogP contribution in [0.3, 0.4) is 0 Å². The lowest BCUT2D eigenvalue weighted by atomic mass is 10.2. The zero-order chi connectivity index (χ0) is 18.4. The van der Waals surface area contributed by atoms with E-state index in [1.165, 1.54) is 11.8 Å². The van der Waals surface area contributed by atoms with Crippen LogP contribution in [0.25, 0.3) is 0 Å². The molecule has 25 heavy (non-hydrogen) atoms. The van der Waals surface area contributed by atoms with Gasteiger partial charge in [0.25, 0.3) is 0 Å². The maximum Gasteiger partial charge on any atom is 0.244 e. The Morgan fingerprint density at radius 3 is 2.32 bits per heavy atom. The SMILES string of the molecule is CC(=O)N(CC(=O)Nc1ccc(OC(C)C)cc1)c1ccccc1Cl. The second-order valence-electron chi connectivity index (χ2n) is 5.80. The summed E-state index contributed by atoms with van der Waals surface area (Å²) in [7, 11) is 0. The quantitative estimate of drug-likeness (QED) is 0.843. The Morgan fingerprint density at radius 1 is 1.12 bits per heavy atom. The molecule has 0 fully saturated rings. The van der Waals surface area contributed by atoms with E-state index in [0.29, 0.717) is 16.4 Å². The van der Waals surface area contributed by atoms with Gasteiger partial charge in [0.2, 0.25) is 11.8 Å². The molecule has 0 aliphatic rings. The number of halogens is 1. The Morgan fingerprint density at radius 2 is 1.76 bits per heavy atom. The van der Waals surface area contributed by atoms with Crippen LogP contribution in [0.15, 0.2) is 48.5 Å². The summed E-state index contributed by atoms with van der Waals surface area (Å²) in [5.74, 6) is 0.158. The number of nitrogens with zero attached hydrogens (tertiary/aromatic N) is 1. The topological polar surface area (TPSA) is 58.6 Å². The summed E-state index contributed by atoms with van der Waals surface area (Å²) >= 11 is 6.13. The van der Waals surface area contributed by atoms with Crippen LogP contribution in [0.2, 0.25) is 5.02 Å². The molecule has 2 amide bonds. The van der Waals surface area contributed by atoms with Crippen molar-refractivity contribution in [2.45, 2.75) is 26.9 Å². The van der Waals surface area contributed by atoms with Crippen LogP contribution in [0, 0.1) is 0 Å². The van der Waals surface area contributed by atoms with Crippen molar-refractivity contribution in [3.63, 3.8) is 0 Å². The highest BCUT2D eigenvalue weighted by atomic mass is 35.5. The molecule has 0 radical (unpaired) electrons. The van der Waals surface area contributed by atoms with Crippen LogP contribution in [0.1, 0.15) is 20.8 Å². The number of amides is 2. The maximum atomic E-state index is 12.3. The van der Waals surface area contributed by atoms with Gasteiger partial charge in [0, 0.05) is 12.6 Å². The summed E-state index contributed by atoms with van der Waals surface area (Å²) < 4.78 is 5.56. The average molecular weight is 361 g/mol. The van der Waals surface area contributed by atoms with E-state index in [1.54, 1.807) is 48.5 Å². The number of hydrogen-bond donors (Lipinski definition) is 1. The van der Waals surface area contributed by atoms with Crippen LogP contribution in [0.5, 0.6) is 5.75 Å². The molecule has 0 aliphatic carbocycles. The number of anilines is 2. The molecular weight excluding hydrogens is 340 g/mol. The minimum Gasteiger partial charge on any atom is -0.491 e. The third-order valence-electron chi connectivity index (χ3n) is 3.33. The molecule has 0 heterocycles. The molecule has 2 aromatic carbocycles. The van der Waals surface area contributed by atoms with E-state index in [9.17, 15) is 9.59 Å². The summed E-state index contributed by atoms with van der Waals surface area (Å²) in [5.41, 5.74) is 1.14. The second kappa shape index (κ2) is 8.53. The maximum absolute atomic E-state index is 12.3. The molecule has 6 heteroatoms. The van der Waals surface area contributed by atoms with Crippen LogP contribution < -0.4 is 15.0 Å². The lowest BCUT2D eigenvalue weighted by Crippen LogP contribution is -2.36. The third-order valence-corrected chi connectivity index (χ3v) is 3.65. The van der Waals surface area contributed by atoms with Gasteiger partial charge in [-0.2, -0.15) is 0 Å². The fraction of sp³-hybridized carbons (Fsp3) is 0.263. The van der Waals surface area contributed by atoms with E-state index in [0.717, 1.165) is 5.75 Å². The highest BCUT2D eigenvalue weighted by molar-refractivity contribution is 6.33. The van der Waals surface area contributed by atoms with E-state index in [2.05, 4.69) is 5.32 Å². The van der Waals surface area contributed by atoms with Gasteiger partial charge in [-0.3, -0.25) is 9.59 Å². The summed E-state index contributed by atoms with van der Waals surface area (Å²) in [4.78, 5) is 25.5. The predicted octanol–water partition coefficient (Wildman–Crippen LogP) is 4.12. The van der Waals surface area contributed by atoms with Crippen LogP contribution in [0.4, 0.5) is 11.4 Å². The minimum atomic E-state index is -0.312. The van der Waals surface area contributed by atoms with Gasteiger partial charge >= 0.3 is 0 Å². The average Bonchev–Trinajstić information content (AvgIpc) is 2.54. The van der Waals surface area contributed by atoms with Gasteiger partial charge in [-0.15, -0.1) is 0 Å². The van der Waals surface area contributed by atoms with Gasteiger partial charge in [0.05, 0.1) is 16.8 Å². The molecule has 2 rings (SSSR count). The predicted molar refractivity (Wildman–Crippen MR) is 100 cm³/mol. The molecule has 0 saturated heterocycles. The lowest BCUT2D eigenvalue weighted by Gasteiger charge is -2.21. The fourth-order valence-corrected chi connectivity index (χ4v) is 2.51. The van der Waals surface area contributed by atoms with E-state index in [4.69, 9.17) is 16.3 Å². The second-order valence-corrected chi connectivity index (χ2v) is 6.20. The monoisotopic (exact) mass is 360 g/mol. The normalized spacial score (nSPS) is 10.4. The smallest absolute Gasteiger partial charge is 0.244 e. The third kappa shape index (κ3) is 5.50. The molecule has 0 unspecified atom stereocenters. The Labute approximate surface area is 152 Å². The number of benzene rings is 2. The van der Waals surface area contributed by atoms with Gasteiger partial charge < -0.3 is 15.0 Å². The van der Waals surface area contributed by atoms with Crippen molar-refractivity contribution in [3.8, 4) is 5.75 Å². The van der Waals surface area contributed by atoms with Gasteiger partial charge in [0.1, 0.15) is 12.3 Å². The van der Waals surface area contributed by atoms with E-state index in [1.807, 2.05) is 13.8 Å². The standard InChI is InChI=1S/C19H21ClN2O3/c1-13(2)25-16-10-8-15(9-11-16)21-19(24)12-22(14(3)23)18-7-5-4-6-17(18)20/h4-11,13H,12H2,1-3H3,(H,21,24). The largest absolute Gasteiger partial charge is 0.491 e. The molecule has 2 aromatic rings. The molecule has 0 aromatic heterocycles. The molecule has 5 nitrogen and oxygen atoms in total. The van der Waals surface area contributed by atoms with Crippen molar-refractivity contribution >= 4 is 34.8 Å². The highest BCUT2D eigenvalue weighted by Gasteiger charge is 2.18.